The Bertz CT molecular complexity index is 350. The van der Waals surface area contributed by atoms with Gasteiger partial charge in [0, 0.05) is 31.6 Å². The average molecular weight is 309 g/mol. The van der Waals surface area contributed by atoms with Crippen molar-refractivity contribution in [1.29, 1.82) is 0 Å². The first kappa shape index (κ1) is 22.8. The molecule has 0 saturated carbocycles. The van der Waals surface area contributed by atoms with E-state index in [1.807, 2.05) is 52.0 Å². The average Bonchev–Trinajstić information content (AvgIpc) is 2.60. The highest BCUT2D eigenvalue weighted by molar-refractivity contribution is 5.81. The zero-order valence-corrected chi connectivity index (χ0v) is 15.6. The molecule has 1 aliphatic heterocycles. The zero-order chi connectivity index (χ0) is 17.4. The summed E-state index contributed by atoms with van der Waals surface area (Å²) >= 11 is 0. The number of ketones is 1. The summed E-state index contributed by atoms with van der Waals surface area (Å²) in [7, 11) is 1.66. The number of rotatable bonds is 2. The Balaban J connectivity index is 0. The molecule has 0 aromatic heterocycles. The van der Waals surface area contributed by atoms with Crippen LogP contribution < -0.4 is 9.64 Å². The van der Waals surface area contributed by atoms with Gasteiger partial charge in [-0.2, -0.15) is 0 Å². The van der Waals surface area contributed by atoms with Crippen molar-refractivity contribution in [2.24, 2.45) is 0 Å². The summed E-state index contributed by atoms with van der Waals surface area (Å²) in [5.41, 5.74) is 1.17. The molecule has 0 bridgehead atoms. The van der Waals surface area contributed by atoms with Crippen molar-refractivity contribution in [1.82, 2.24) is 0 Å². The predicted molar refractivity (Wildman–Crippen MR) is 98.1 cm³/mol. The highest BCUT2D eigenvalue weighted by Crippen LogP contribution is 2.21. The van der Waals surface area contributed by atoms with E-state index in [-0.39, 0.29) is 0 Å². The molecule has 1 aliphatic rings. The third-order valence-corrected chi connectivity index (χ3v) is 2.76. The minimum Gasteiger partial charge on any atom is -0.497 e. The van der Waals surface area contributed by atoms with E-state index in [2.05, 4.69) is 18.7 Å². The van der Waals surface area contributed by atoms with Gasteiger partial charge in [0.2, 0.25) is 0 Å². The van der Waals surface area contributed by atoms with E-state index < -0.39 is 0 Å². The number of Topliss-reactive ketones (excluding diaryl/α,β-unsaturated/α-hetero) is 1. The Hall–Kier alpha value is -1.51. The number of benzene rings is 1. The minimum absolute atomic E-state index is 0.375. The molecule has 0 radical (unpaired) electrons. The number of carbonyl (C=O) groups excluding carboxylic acids is 1. The molecular formula is C19H35NO2. The molecule has 22 heavy (non-hydrogen) atoms. The number of carbonyl (C=O) groups is 1. The van der Waals surface area contributed by atoms with E-state index in [1.165, 1.54) is 12.1 Å². The van der Waals surface area contributed by atoms with E-state index in [1.54, 1.807) is 7.11 Å². The van der Waals surface area contributed by atoms with Crippen LogP contribution >= 0.6 is 0 Å². The third kappa shape index (κ3) is 9.43. The summed E-state index contributed by atoms with van der Waals surface area (Å²) in [6, 6.07) is 7.97. The summed E-state index contributed by atoms with van der Waals surface area (Å²) in [5.74, 6) is 1.24. The van der Waals surface area contributed by atoms with E-state index in [4.69, 9.17) is 4.74 Å². The molecule has 0 atom stereocenters. The Morgan fingerprint density at radius 1 is 0.955 bits per heavy atom. The standard InChI is InChI=1S/C12H15NO2.C3H8.2C2H6/c1-15-12-4-2-10(3-5-12)13-8-6-11(14)7-9-13;1-3-2;2*1-2/h2-5H,6-9H2,1H3;3H2,1-2H3;2*1-2H3. The molecule has 1 aromatic carbocycles. The highest BCUT2D eigenvalue weighted by atomic mass is 16.5. The summed E-state index contributed by atoms with van der Waals surface area (Å²) in [4.78, 5) is 13.3. The first-order valence-electron chi connectivity index (χ1n) is 8.62. The zero-order valence-electron chi connectivity index (χ0n) is 15.6. The van der Waals surface area contributed by atoms with Gasteiger partial charge < -0.3 is 9.64 Å². The van der Waals surface area contributed by atoms with Gasteiger partial charge in [0.1, 0.15) is 11.5 Å². The van der Waals surface area contributed by atoms with Crippen molar-refractivity contribution in [2.75, 3.05) is 25.1 Å². The molecule has 0 unspecified atom stereocenters. The van der Waals surface area contributed by atoms with Gasteiger partial charge in [-0.05, 0) is 24.3 Å². The quantitative estimate of drug-likeness (QED) is 0.739. The summed E-state index contributed by atoms with van der Waals surface area (Å²) < 4.78 is 5.10. The lowest BCUT2D eigenvalue weighted by Crippen LogP contribution is -2.33. The number of hydrogen-bond acceptors (Lipinski definition) is 3. The van der Waals surface area contributed by atoms with Gasteiger partial charge in [-0.1, -0.05) is 48.0 Å². The topological polar surface area (TPSA) is 29.5 Å². The monoisotopic (exact) mass is 309 g/mol. The maximum atomic E-state index is 11.1. The van der Waals surface area contributed by atoms with Crippen LogP contribution in [-0.2, 0) is 4.79 Å². The van der Waals surface area contributed by atoms with Crippen molar-refractivity contribution in [3.05, 3.63) is 24.3 Å². The van der Waals surface area contributed by atoms with E-state index >= 15 is 0 Å². The second-order valence-electron chi connectivity index (χ2n) is 4.43. The Morgan fingerprint density at radius 3 is 1.73 bits per heavy atom. The Morgan fingerprint density at radius 2 is 1.36 bits per heavy atom. The molecule has 128 valence electrons. The van der Waals surface area contributed by atoms with Crippen LogP contribution in [0.15, 0.2) is 24.3 Å². The number of ether oxygens (including phenoxy) is 1. The van der Waals surface area contributed by atoms with Gasteiger partial charge >= 0.3 is 0 Å². The van der Waals surface area contributed by atoms with Crippen LogP contribution in [0.1, 0.15) is 60.8 Å². The number of methoxy groups -OCH3 is 1. The molecule has 0 amide bonds. The van der Waals surface area contributed by atoms with Crippen molar-refractivity contribution in [2.45, 2.75) is 60.8 Å². The Labute approximate surface area is 137 Å². The van der Waals surface area contributed by atoms with Crippen LogP contribution in [0.5, 0.6) is 5.75 Å². The van der Waals surface area contributed by atoms with E-state index in [9.17, 15) is 4.79 Å². The van der Waals surface area contributed by atoms with Crippen LogP contribution in [0.4, 0.5) is 5.69 Å². The van der Waals surface area contributed by atoms with Crippen molar-refractivity contribution < 1.29 is 9.53 Å². The van der Waals surface area contributed by atoms with Crippen LogP contribution in [0, 0.1) is 0 Å². The molecule has 0 spiro atoms. The van der Waals surface area contributed by atoms with Crippen LogP contribution in [0.3, 0.4) is 0 Å². The number of piperidine rings is 1. The lowest BCUT2D eigenvalue weighted by atomic mass is 10.1. The Kier molecular flexibility index (Phi) is 16.4. The molecule has 2 rings (SSSR count). The fourth-order valence-electron chi connectivity index (χ4n) is 1.81. The van der Waals surface area contributed by atoms with E-state index in [0.29, 0.717) is 18.6 Å². The summed E-state index contributed by atoms with van der Waals surface area (Å²) in [6.45, 7) is 13.9. The number of nitrogens with zero attached hydrogens (tertiary/aromatic N) is 1. The summed E-state index contributed by atoms with van der Waals surface area (Å²) in [5, 5.41) is 0. The van der Waals surface area contributed by atoms with Gasteiger partial charge in [0.25, 0.3) is 0 Å². The maximum absolute atomic E-state index is 11.1. The second-order valence-corrected chi connectivity index (χ2v) is 4.43. The maximum Gasteiger partial charge on any atom is 0.136 e. The molecule has 3 nitrogen and oxygen atoms in total. The fourth-order valence-corrected chi connectivity index (χ4v) is 1.81. The van der Waals surface area contributed by atoms with Gasteiger partial charge in [-0.25, -0.2) is 0 Å². The van der Waals surface area contributed by atoms with Gasteiger partial charge in [-0.15, -0.1) is 0 Å². The van der Waals surface area contributed by atoms with Gasteiger partial charge in [-0.3, -0.25) is 4.79 Å². The van der Waals surface area contributed by atoms with E-state index in [0.717, 1.165) is 18.8 Å². The van der Waals surface area contributed by atoms with Crippen molar-refractivity contribution in [3.63, 3.8) is 0 Å². The molecule has 1 saturated heterocycles. The smallest absolute Gasteiger partial charge is 0.136 e. The number of hydrogen-bond donors (Lipinski definition) is 0. The normalized spacial score (nSPS) is 12.7. The van der Waals surface area contributed by atoms with Gasteiger partial charge in [0.05, 0.1) is 7.11 Å². The first-order valence-corrected chi connectivity index (χ1v) is 8.62. The second kappa shape index (κ2) is 15.9. The third-order valence-electron chi connectivity index (χ3n) is 2.76. The lowest BCUT2D eigenvalue weighted by Gasteiger charge is -2.28. The van der Waals surface area contributed by atoms with Gasteiger partial charge in [0.15, 0.2) is 0 Å². The summed E-state index contributed by atoms with van der Waals surface area (Å²) in [6.07, 6.45) is 2.60. The molecule has 0 N–H and O–H groups in total. The lowest BCUT2D eigenvalue weighted by molar-refractivity contribution is -0.119. The molecular weight excluding hydrogens is 274 g/mol. The molecule has 0 aliphatic carbocycles. The highest BCUT2D eigenvalue weighted by Gasteiger charge is 2.15. The molecule has 3 heteroatoms. The molecule has 1 fully saturated rings. The SMILES string of the molecule is CC.CC.CCC.COc1ccc(N2CCC(=O)CC2)cc1. The predicted octanol–water partition coefficient (Wildman–Crippen LogP) is 5.33. The van der Waals surface area contributed by atoms with Crippen LogP contribution in [0.25, 0.3) is 0 Å². The molecule has 1 heterocycles. The molecule has 1 aromatic rings. The number of anilines is 1. The van der Waals surface area contributed by atoms with Crippen LogP contribution in [-0.4, -0.2) is 26.0 Å². The first-order chi connectivity index (χ1) is 10.7. The minimum atomic E-state index is 0.375. The van der Waals surface area contributed by atoms with Crippen molar-refractivity contribution in [3.8, 4) is 5.75 Å². The largest absolute Gasteiger partial charge is 0.497 e. The van der Waals surface area contributed by atoms with Crippen LogP contribution in [0.2, 0.25) is 0 Å². The fraction of sp³-hybridized carbons (Fsp3) is 0.632. The van der Waals surface area contributed by atoms with Crippen molar-refractivity contribution >= 4 is 11.5 Å².